The Morgan fingerprint density at radius 3 is 1.57 bits per heavy atom. The quantitative estimate of drug-likeness (QED) is 0.531. The molecule has 2 aliphatic heterocycles. The summed E-state index contributed by atoms with van der Waals surface area (Å²) in [5.41, 5.74) is 6.14. The van der Waals surface area contributed by atoms with Crippen molar-refractivity contribution in [2.24, 2.45) is 0 Å². The number of hydrogen-bond donors (Lipinski definition) is 0. The van der Waals surface area contributed by atoms with Crippen molar-refractivity contribution in [1.29, 1.82) is 0 Å². The van der Waals surface area contributed by atoms with Gasteiger partial charge in [-0.1, -0.05) is 25.2 Å². The lowest BCUT2D eigenvalue weighted by atomic mass is 10.2. The first kappa shape index (κ1) is 15.9. The van der Waals surface area contributed by atoms with Gasteiger partial charge >= 0.3 is 0 Å². The van der Waals surface area contributed by atoms with Gasteiger partial charge < -0.3 is 0 Å². The van der Waals surface area contributed by atoms with Crippen LogP contribution in [0.1, 0.15) is 27.7 Å². The summed E-state index contributed by atoms with van der Waals surface area (Å²) in [6.07, 6.45) is 9.86. The maximum Gasteiger partial charge on any atom is 0.114 e. The SMILES string of the molecule is CC1=C([Si](C)(C)C2=C(C)C=C3SC(C)C=C32)C2=CC(C)SC2=C1. The fourth-order valence-corrected chi connectivity index (χ4v) is 11.2. The minimum atomic E-state index is -1.70. The van der Waals surface area contributed by atoms with Crippen LogP contribution in [0.15, 0.2) is 66.8 Å². The summed E-state index contributed by atoms with van der Waals surface area (Å²) in [6, 6.07) is 0. The van der Waals surface area contributed by atoms with Crippen LogP contribution in [0, 0.1) is 0 Å². The van der Waals surface area contributed by atoms with Gasteiger partial charge in [-0.3, -0.25) is 0 Å². The Kier molecular flexibility index (Phi) is 3.57. The first-order valence-corrected chi connectivity index (χ1v) is 13.2. The Morgan fingerprint density at radius 2 is 1.17 bits per heavy atom. The normalized spacial score (nSPS) is 29.7. The van der Waals surface area contributed by atoms with E-state index in [0.717, 1.165) is 0 Å². The van der Waals surface area contributed by atoms with Crippen LogP contribution < -0.4 is 0 Å². The van der Waals surface area contributed by atoms with E-state index in [0.29, 0.717) is 10.5 Å². The molecule has 120 valence electrons. The standard InChI is InChI=1S/C20H24S2Si/c1-11-7-17-15(9-13(3)21-17)19(11)23(5,6)20-12(2)8-18-16(20)10-14(4)22-18/h7-10,13-14H,1-6H3. The lowest BCUT2D eigenvalue weighted by Crippen LogP contribution is -2.34. The highest BCUT2D eigenvalue weighted by atomic mass is 32.2. The highest BCUT2D eigenvalue weighted by Crippen LogP contribution is 2.54. The molecule has 3 heteroatoms. The number of thioether (sulfide) groups is 2. The van der Waals surface area contributed by atoms with Crippen LogP contribution in [0.4, 0.5) is 0 Å². The monoisotopic (exact) mass is 356 g/mol. The largest absolute Gasteiger partial charge is 0.118 e. The highest BCUT2D eigenvalue weighted by Gasteiger charge is 2.43. The molecule has 0 aromatic heterocycles. The minimum Gasteiger partial charge on any atom is -0.118 e. The molecule has 2 unspecified atom stereocenters. The molecule has 0 bridgehead atoms. The van der Waals surface area contributed by atoms with E-state index in [9.17, 15) is 0 Å². The van der Waals surface area contributed by atoms with Crippen LogP contribution in [0.5, 0.6) is 0 Å². The van der Waals surface area contributed by atoms with Crippen LogP contribution in [-0.4, -0.2) is 18.6 Å². The van der Waals surface area contributed by atoms with Crippen molar-refractivity contribution < 1.29 is 0 Å². The molecule has 0 radical (unpaired) electrons. The molecule has 0 saturated carbocycles. The Balaban J connectivity index is 1.81. The second-order valence-electron chi connectivity index (χ2n) is 7.56. The predicted molar refractivity (Wildman–Crippen MR) is 109 cm³/mol. The fourth-order valence-electron chi connectivity index (χ4n) is 4.61. The second-order valence-corrected chi connectivity index (χ2v) is 14.7. The summed E-state index contributed by atoms with van der Waals surface area (Å²) in [7, 11) is -1.70. The molecule has 0 amide bonds. The fraction of sp³-hybridized carbons (Fsp3) is 0.400. The third kappa shape index (κ3) is 2.27. The number of hydrogen-bond acceptors (Lipinski definition) is 2. The lowest BCUT2D eigenvalue weighted by molar-refractivity contribution is 1.25. The van der Waals surface area contributed by atoms with Gasteiger partial charge in [0.2, 0.25) is 0 Å². The molecule has 0 aromatic carbocycles. The maximum atomic E-state index is 2.56. The first-order valence-electron chi connectivity index (χ1n) is 8.43. The molecule has 0 fully saturated rings. The Hall–Kier alpha value is -0.643. The van der Waals surface area contributed by atoms with E-state index in [1.807, 2.05) is 23.5 Å². The van der Waals surface area contributed by atoms with Gasteiger partial charge in [-0.2, -0.15) is 0 Å². The van der Waals surface area contributed by atoms with Crippen LogP contribution in [0.25, 0.3) is 0 Å². The van der Waals surface area contributed by atoms with Crippen molar-refractivity contribution in [2.75, 3.05) is 0 Å². The summed E-state index contributed by atoms with van der Waals surface area (Å²) in [6.45, 7) is 14.4. The smallest absolute Gasteiger partial charge is 0.114 e. The molecule has 0 spiro atoms. The van der Waals surface area contributed by atoms with Gasteiger partial charge in [-0.15, -0.1) is 23.5 Å². The highest BCUT2D eigenvalue weighted by molar-refractivity contribution is 8.04. The van der Waals surface area contributed by atoms with E-state index < -0.39 is 8.07 Å². The van der Waals surface area contributed by atoms with Crippen molar-refractivity contribution >= 4 is 31.6 Å². The number of fused-ring (bicyclic) bond motifs is 2. The zero-order chi connectivity index (χ0) is 16.5. The van der Waals surface area contributed by atoms with Crippen molar-refractivity contribution in [3.05, 3.63) is 66.8 Å². The van der Waals surface area contributed by atoms with Gasteiger partial charge in [0.1, 0.15) is 8.07 Å². The van der Waals surface area contributed by atoms with E-state index in [1.165, 1.54) is 21.0 Å². The number of rotatable bonds is 2. The lowest BCUT2D eigenvalue weighted by Gasteiger charge is -2.30. The Morgan fingerprint density at radius 1 is 0.783 bits per heavy atom. The van der Waals surface area contributed by atoms with Crippen molar-refractivity contribution in [2.45, 2.75) is 51.3 Å². The summed E-state index contributed by atoms with van der Waals surface area (Å²) in [5.74, 6) is 0. The van der Waals surface area contributed by atoms with E-state index in [2.05, 4.69) is 65.1 Å². The molecule has 0 saturated heterocycles. The molecule has 2 heterocycles. The van der Waals surface area contributed by atoms with Gasteiger partial charge in [-0.25, -0.2) is 0 Å². The molecular formula is C20H24S2Si. The molecule has 0 aromatic rings. The Bertz CT molecular complexity index is 733. The molecule has 4 rings (SSSR count). The maximum absolute atomic E-state index is 2.56. The van der Waals surface area contributed by atoms with Crippen LogP contribution in [0.2, 0.25) is 13.1 Å². The van der Waals surface area contributed by atoms with Crippen molar-refractivity contribution in [3.63, 3.8) is 0 Å². The van der Waals surface area contributed by atoms with E-state index in [4.69, 9.17) is 0 Å². The van der Waals surface area contributed by atoms with Crippen LogP contribution in [0.3, 0.4) is 0 Å². The topological polar surface area (TPSA) is 0 Å². The minimum absolute atomic E-state index is 0.623. The third-order valence-corrected chi connectivity index (χ3v) is 11.3. The van der Waals surface area contributed by atoms with Gasteiger partial charge in [0.25, 0.3) is 0 Å². The molecule has 23 heavy (non-hydrogen) atoms. The zero-order valence-electron chi connectivity index (χ0n) is 14.8. The molecular weight excluding hydrogens is 332 g/mol. The Labute approximate surface area is 149 Å². The molecule has 4 aliphatic rings. The van der Waals surface area contributed by atoms with E-state index in [1.54, 1.807) is 21.5 Å². The third-order valence-electron chi connectivity index (χ3n) is 5.23. The summed E-state index contributed by atoms with van der Waals surface area (Å²) < 4.78 is 0. The van der Waals surface area contributed by atoms with Crippen LogP contribution >= 0.6 is 23.5 Å². The molecule has 2 atom stereocenters. The molecule has 0 N–H and O–H groups in total. The van der Waals surface area contributed by atoms with Crippen molar-refractivity contribution in [3.8, 4) is 0 Å². The van der Waals surface area contributed by atoms with Gasteiger partial charge in [0, 0.05) is 20.3 Å². The summed E-state index contributed by atoms with van der Waals surface area (Å²) in [4.78, 5) is 3.02. The first-order chi connectivity index (χ1) is 10.8. The average Bonchev–Trinajstić information content (AvgIpc) is 3.06. The van der Waals surface area contributed by atoms with Gasteiger partial charge in [0.05, 0.1) is 0 Å². The van der Waals surface area contributed by atoms with Gasteiger partial charge in [0.15, 0.2) is 0 Å². The van der Waals surface area contributed by atoms with Crippen LogP contribution in [-0.2, 0) is 0 Å². The van der Waals surface area contributed by atoms with E-state index >= 15 is 0 Å². The second kappa shape index (κ2) is 5.17. The summed E-state index contributed by atoms with van der Waals surface area (Å²) >= 11 is 4.05. The van der Waals surface area contributed by atoms with Gasteiger partial charge in [-0.05, 0) is 72.5 Å². The summed E-state index contributed by atoms with van der Waals surface area (Å²) in [5, 5.41) is 4.60. The zero-order valence-corrected chi connectivity index (χ0v) is 17.4. The van der Waals surface area contributed by atoms with Crippen molar-refractivity contribution in [1.82, 2.24) is 0 Å². The van der Waals surface area contributed by atoms with E-state index in [-0.39, 0.29) is 0 Å². The number of allylic oxidation sites excluding steroid dienone is 8. The molecule has 0 nitrogen and oxygen atoms in total. The molecule has 2 aliphatic carbocycles. The average molecular weight is 357 g/mol. The predicted octanol–water partition coefficient (Wildman–Crippen LogP) is 6.32.